The van der Waals surface area contributed by atoms with Gasteiger partial charge in [-0.3, -0.25) is 4.79 Å². The van der Waals surface area contributed by atoms with Crippen LogP contribution in [0.4, 0.5) is 4.79 Å². The van der Waals surface area contributed by atoms with Gasteiger partial charge in [0.1, 0.15) is 5.60 Å². The lowest BCUT2D eigenvalue weighted by atomic mass is 9.35. The molecule has 0 saturated heterocycles. The highest BCUT2D eigenvalue weighted by atomic mass is 16.6. The Morgan fingerprint density at radius 1 is 0.929 bits per heavy atom. The zero-order valence-corrected chi connectivity index (χ0v) is 28.6. The number of ether oxygens (including phenoxy) is 2. The third-order valence-corrected chi connectivity index (χ3v) is 13.7. The van der Waals surface area contributed by atoms with Crippen molar-refractivity contribution in [3.63, 3.8) is 0 Å². The maximum Gasteiger partial charge on any atom is 0.407 e. The summed E-state index contributed by atoms with van der Waals surface area (Å²) in [5, 5.41) is 3.29. The molecule has 5 rings (SSSR count). The van der Waals surface area contributed by atoms with E-state index in [0.717, 1.165) is 25.7 Å². The quantitative estimate of drug-likeness (QED) is 0.338. The molecule has 42 heavy (non-hydrogen) atoms. The zero-order valence-electron chi connectivity index (χ0n) is 28.6. The molecule has 0 aromatic rings. The van der Waals surface area contributed by atoms with Crippen molar-refractivity contribution in [1.82, 2.24) is 5.32 Å². The van der Waals surface area contributed by atoms with E-state index in [0.29, 0.717) is 18.4 Å². The van der Waals surface area contributed by atoms with Crippen LogP contribution < -0.4 is 5.32 Å². The van der Waals surface area contributed by atoms with Crippen molar-refractivity contribution >= 4 is 12.1 Å². The molecule has 1 N–H and O–H groups in total. The molecule has 236 valence electrons. The fourth-order valence-electron chi connectivity index (χ4n) is 10.9. The summed E-state index contributed by atoms with van der Waals surface area (Å²) in [5.74, 6) is 0.850. The van der Waals surface area contributed by atoms with Gasteiger partial charge in [-0.2, -0.15) is 0 Å². The molecule has 0 aromatic heterocycles. The number of amides is 1. The molecule has 1 amide bonds. The van der Waals surface area contributed by atoms with Crippen LogP contribution in [0.15, 0.2) is 23.3 Å². The highest BCUT2D eigenvalue weighted by molar-refractivity contribution is 5.68. The van der Waals surface area contributed by atoms with Gasteiger partial charge in [0.15, 0.2) is 0 Å². The SMILES string of the molecule is CC(=O)OC[C@@]1(C)CC[C@]2(C)CC[C@]3(C)C(=C2C1)C=C[C@@H]1[C@@]2(C)CC[C@H](NC(=O)OC(C)(C)C)C(C)(C)[C@@H]2CC[C@]13C. The standard InChI is InChI=1S/C37H59NO4/c1-24(39)41-23-33(7)18-19-34(8)20-21-36(10)25(26(34)22-33)12-13-28-35(9)16-15-29(38-30(40)42-31(2,3)4)32(5,6)27(35)14-17-37(28,36)11/h12-13,27-29H,14-23H2,1-11H3,(H,38,40)/t27-,28+,29-,33-,34+,35-,36+,37+/m0/s1. The third-order valence-electron chi connectivity index (χ3n) is 13.7. The van der Waals surface area contributed by atoms with E-state index in [2.05, 4.69) is 65.9 Å². The van der Waals surface area contributed by atoms with Crippen molar-refractivity contribution in [1.29, 1.82) is 0 Å². The molecule has 0 radical (unpaired) electrons. The van der Waals surface area contributed by atoms with E-state index in [1.165, 1.54) is 39.0 Å². The first-order chi connectivity index (χ1) is 19.2. The Labute approximate surface area is 256 Å². The molecule has 0 heterocycles. The average molecular weight is 582 g/mol. The van der Waals surface area contributed by atoms with E-state index >= 15 is 0 Å². The maximum absolute atomic E-state index is 12.8. The van der Waals surface area contributed by atoms with Crippen LogP contribution in [0, 0.1) is 44.3 Å². The summed E-state index contributed by atoms with van der Waals surface area (Å²) in [6, 6.07) is 0.114. The number of nitrogens with one attached hydrogen (secondary N) is 1. The van der Waals surface area contributed by atoms with E-state index in [1.807, 2.05) is 20.8 Å². The molecule has 0 unspecified atom stereocenters. The van der Waals surface area contributed by atoms with Gasteiger partial charge < -0.3 is 14.8 Å². The molecular weight excluding hydrogens is 522 g/mol. The van der Waals surface area contributed by atoms with E-state index in [9.17, 15) is 9.59 Å². The summed E-state index contributed by atoms with van der Waals surface area (Å²) < 4.78 is 11.3. The van der Waals surface area contributed by atoms with Crippen molar-refractivity contribution in [3.8, 4) is 0 Å². The van der Waals surface area contributed by atoms with Gasteiger partial charge in [0.2, 0.25) is 0 Å². The van der Waals surface area contributed by atoms with Gasteiger partial charge in [-0.25, -0.2) is 4.79 Å². The topological polar surface area (TPSA) is 64.6 Å². The van der Waals surface area contributed by atoms with Crippen molar-refractivity contribution < 1.29 is 19.1 Å². The summed E-state index contributed by atoms with van der Waals surface area (Å²) in [5.41, 5.74) is 3.46. The Hall–Kier alpha value is -1.78. The number of hydrogen-bond acceptors (Lipinski definition) is 4. The predicted octanol–water partition coefficient (Wildman–Crippen LogP) is 9.16. The van der Waals surface area contributed by atoms with Crippen LogP contribution in [0.25, 0.3) is 0 Å². The molecule has 8 atom stereocenters. The Kier molecular flexibility index (Phi) is 7.43. The van der Waals surface area contributed by atoms with Gasteiger partial charge in [-0.05, 0) is 123 Å². The highest BCUT2D eigenvalue weighted by Crippen LogP contribution is 2.74. The summed E-state index contributed by atoms with van der Waals surface area (Å²) >= 11 is 0. The molecule has 5 nitrogen and oxygen atoms in total. The predicted molar refractivity (Wildman–Crippen MR) is 169 cm³/mol. The van der Waals surface area contributed by atoms with E-state index in [-0.39, 0.29) is 50.6 Å². The van der Waals surface area contributed by atoms with Crippen LogP contribution in [0.5, 0.6) is 0 Å². The molecule has 5 aliphatic carbocycles. The number of alkyl carbamates (subject to hydrolysis) is 1. The second-order valence-corrected chi connectivity index (χ2v) is 18.0. The molecule has 0 spiro atoms. The third kappa shape index (κ3) is 4.87. The number of rotatable bonds is 3. The molecule has 5 aliphatic rings. The van der Waals surface area contributed by atoms with Crippen LogP contribution in [-0.2, 0) is 14.3 Å². The zero-order chi connectivity index (χ0) is 31.1. The largest absolute Gasteiger partial charge is 0.465 e. The number of fused-ring (bicyclic) bond motifs is 6. The molecule has 5 heteroatoms. The normalized spacial score (nSPS) is 44.2. The summed E-state index contributed by atoms with van der Waals surface area (Å²) in [4.78, 5) is 24.5. The Morgan fingerprint density at radius 2 is 1.60 bits per heavy atom. The van der Waals surface area contributed by atoms with Crippen molar-refractivity contribution in [2.45, 2.75) is 146 Å². The molecule has 0 aliphatic heterocycles. The van der Waals surface area contributed by atoms with Gasteiger partial charge >= 0.3 is 12.1 Å². The molecule has 3 saturated carbocycles. The number of allylic oxidation sites excluding steroid dienone is 4. The number of carbonyl (C=O) groups is 2. The molecule has 0 bridgehead atoms. The molecule has 3 fully saturated rings. The lowest BCUT2D eigenvalue weighted by Gasteiger charge is -2.69. The lowest BCUT2D eigenvalue weighted by molar-refractivity contribution is -0.159. The number of carbonyl (C=O) groups excluding carboxylic acids is 2. The Morgan fingerprint density at radius 3 is 2.24 bits per heavy atom. The summed E-state index contributed by atoms with van der Waals surface area (Å²) in [6.07, 6.45) is 15.2. The van der Waals surface area contributed by atoms with Crippen LogP contribution >= 0.6 is 0 Å². The van der Waals surface area contributed by atoms with Gasteiger partial charge in [-0.15, -0.1) is 0 Å². The van der Waals surface area contributed by atoms with Crippen LogP contribution in [-0.4, -0.2) is 30.3 Å². The first kappa shape index (κ1) is 31.6. The monoisotopic (exact) mass is 581 g/mol. The number of esters is 1. The van der Waals surface area contributed by atoms with Crippen LogP contribution in [0.3, 0.4) is 0 Å². The fourth-order valence-corrected chi connectivity index (χ4v) is 10.9. The Balaban J connectivity index is 1.48. The maximum atomic E-state index is 12.8. The van der Waals surface area contributed by atoms with E-state index < -0.39 is 5.60 Å². The molecule has 0 aromatic carbocycles. The van der Waals surface area contributed by atoms with E-state index in [1.54, 1.807) is 11.1 Å². The Bertz CT molecular complexity index is 1190. The van der Waals surface area contributed by atoms with Gasteiger partial charge in [-0.1, -0.05) is 66.2 Å². The van der Waals surface area contributed by atoms with Gasteiger partial charge in [0, 0.05) is 18.4 Å². The van der Waals surface area contributed by atoms with Crippen molar-refractivity contribution in [2.24, 2.45) is 44.3 Å². The smallest absolute Gasteiger partial charge is 0.407 e. The van der Waals surface area contributed by atoms with E-state index in [4.69, 9.17) is 9.47 Å². The minimum Gasteiger partial charge on any atom is -0.465 e. The number of hydrogen-bond donors (Lipinski definition) is 1. The summed E-state index contributed by atoms with van der Waals surface area (Å²) in [7, 11) is 0. The van der Waals surface area contributed by atoms with Gasteiger partial charge in [0.05, 0.1) is 6.61 Å². The highest BCUT2D eigenvalue weighted by Gasteiger charge is 2.66. The lowest BCUT2D eigenvalue weighted by Crippen LogP contribution is -2.65. The second kappa shape index (κ2) is 9.86. The minimum absolute atomic E-state index is 0.00451. The van der Waals surface area contributed by atoms with Gasteiger partial charge in [0.25, 0.3) is 0 Å². The summed E-state index contributed by atoms with van der Waals surface area (Å²) in [6.45, 7) is 25.2. The molecular formula is C37H59NO4. The second-order valence-electron chi connectivity index (χ2n) is 18.0. The first-order valence-corrected chi connectivity index (χ1v) is 16.7. The van der Waals surface area contributed by atoms with Crippen molar-refractivity contribution in [3.05, 3.63) is 23.3 Å². The van der Waals surface area contributed by atoms with Crippen LogP contribution in [0.1, 0.15) is 134 Å². The van der Waals surface area contributed by atoms with Crippen molar-refractivity contribution in [2.75, 3.05) is 6.61 Å². The first-order valence-electron chi connectivity index (χ1n) is 16.7. The fraction of sp³-hybridized carbons (Fsp3) is 0.838. The minimum atomic E-state index is -0.495. The van der Waals surface area contributed by atoms with Crippen LogP contribution in [0.2, 0.25) is 0 Å². The average Bonchev–Trinajstić information content (AvgIpc) is 2.85.